The number of anilines is 1. The van der Waals surface area contributed by atoms with Gasteiger partial charge in [-0.2, -0.15) is 5.26 Å². The van der Waals surface area contributed by atoms with E-state index in [1.165, 1.54) is 26.4 Å². The number of nitrogens with one attached hydrogen (secondary N) is 2. The lowest BCUT2D eigenvalue weighted by Crippen LogP contribution is -2.46. The highest BCUT2D eigenvalue weighted by Crippen LogP contribution is 2.35. The van der Waals surface area contributed by atoms with Gasteiger partial charge >= 0.3 is 5.97 Å². The minimum absolute atomic E-state index is 0.0560. The van der Waals surface area contributed by atoms with Crippen molar-refractivity contribution in [1.29, 1.82) is 5.26 Å². The van der Waals surface area contributed by atoms with E-state index in [1.54, 1.807) is 0 Å². The Balaban J connectivity index is 1.73. The summed E-state index contributed by atoms with van der Waals surface area (Å²) in [5.74, 6) is -0.967. The first-order valence-corrected chi connectivity index (χ1v) is 11.4. The monoisotopic (exact) mass is 457 g/mol. The molecule has 0 unspecified atom stereocenters. The number of amides is 2. The van der Waals surface area contributed by atoms with Gasteiger partial charge in [-0.15, -0.1) is 0 Å². The molecule has 2 aliphatic carbocycles. The van der Waals surface area contributed by atoms with Crippen LogP contribution in [-0.4, -0.2) is 44.1 Å². The van der Waals surface area contributed by atoms with Crippen LogP contribution >= 0.6 is 0 Å². The standard InChI is InChI=1S/C24H31N3O6/c1-31-19-12-17(23(30)33-14-21(28)27-24(15-25)10-6-7-11-24)18(13-20(19)32-2)26-22(29)16-8-4-3-5-9-16/h12-13,16H,3-11,14H2,1-2H3,(H,26,29)(H,27,28). The fourth-order valence-electron chi connectivity index (χ4n) is 4.51. The van der Waals surface area contributed by atoms with Crippen molar-refractivity contribution in [3.8, 4) is 17.6 Å². The highest BCUT2D eigenvalue weighted by molar-refractivity contribution is 6.03. The Morgan fingerprint density at radius 1 is 1.03 bits per heavy atom. The average molecular weight is 458 g/mol. The number of methoxy groups -OCH3 is 2. The van der Waals surface area contributed by atoms with Crippen molar-refractivity contribution in [2.24, 2.45) is 5.92 Å². The number of benzene rings is 1. The van der Waals surface area contributed by atoms with E-state index in [0.717, 1.165) is 44.9 Å². The van der Waals surface area contributed by atoms with E-state index in [0.29, 0.717) is 24.3 Å². The summed E-state index contributed by atoms with van der Waals surface area (Å²) in [5.41, 5.74) is -0.607. The number of carbonyl (C=O) groups excluding carboxylic acids is 3. The molecule has 3 rings (SSSR count). The van der Waals surface area contributed by atoms with Crippen LogP contribution in [0.2, 0.25) is 0 Å². The third kappa shape index (κ3) is 5.95. The van der Waals surface area contributed by atoms with Crippen LogP contribution in [-0.2, 0) is 14.3 Å². The van der Waals surface area contributed by atoms with Crippen molar-refractivity contribution in [3.05, 3.63) is 17.7 Å². The zero-order chi connectivity index (χ0) is 23.8. The van der Waals surface area contributed by atoms with E-state index >= 15 is 0 Å². The molecule has 0 heterocycles. The number of esters is 1. The van der Waals surface area contributed by atoms with E-state index in [4.69, 9.17) is 14.2 Å². The average Bonchev–Trinajstić information content (AvgIpc) is 3.31. The number of carbonyl (C=O) groups is 3. The molecule has 2 N–H and O–H groups in total. The molecule has 178 valence electrons. The molecular weight excluding hydrogens is 426 g/mol. The molecule has 9 nitrogen and oxygen atoms in total. The molecule has 2 saturated carbocycles. The second-order valence-corrected chi connectivity index (χ2v) is 8.60. The summed E-state index contributed by atoms with van der Waals surface area (Å²) in [6.45, 7) is -0.535. The van der Waals surface area contributed by atoms with Crippen LogP contribution in [0.1, 0.15) is 68.1 Å². The zero-order valence-electron chi connectivity index (χ0n) is 19.2. The summed E-state index contributed by atoms with van der Waals surface area (Å²) < 4.78 is 15.8. The maximum atomic E-state index is 12.9. The van der Waals surface area contributed by atoms with Gasteiger partial charge in [0.15, 0.2) is 18.1 Å². The van der Waals surface area contributed by atoms with Crippen molar-refractivity contribution in [1.82, 2.24) is 5.32 Å². The highest BCUT2D eigenvalue weighted by Gasteiger charge is 2.35. The van der Waals surface area contributed by atoms with Crippen LogP contribution in [0.4, 0.5) is 5.69 Å². The Hall–Kier alpha value is -3.28. The molecule has 33 heavy (non-hydrogen) atoms. The molecular formula is C24H31N3O6. The second-order valence-electron chi connectivity index (χ2n) is 8.60. The number of ether oxygens (including phenoxy) is 3. The van der Waals surface area contributed by atoms with Crippen molar-refractivity contribution in [2.75, 3.05) is 26.1 Å². The van der Waals surface area contributed by atoms with Gasteiger partial charge in [-0.1, -0.05) is 19.3 Å². The van der Waals surface area contributed by atoms with E-state index in [9.17, 15) is 19.6 Å². The van der Waals surface area contributed by atoms with Gasteiger partial charge < -0.3 is 24.8 Å². The van der Waals surface area contributed by atoms with Crippen LogP contribution in [0.3, 0.4) is 0 Å². The van der Waals surface area contributed by atoms with Gasteiger partial charge in [0.25, 0.3) is 5.91 Å². The first-order valence-electron chi connectivity index (χ1n) is 11.4. The van der Waals surface area contributed by atoms with Crippen molar-refractivity contribution < 1.29 is 28.6 Å². The maximum absolute atomic E-state index is 12.9. The van der Waals surface area contributed by atoms with Crippen molar-refractivity contribution >= 4 is 23.5 Å². The number of hydrogen-bond acceptors (Lipinski definition) is 7. The molecule has 0 aromatic heterocycles. The highest BCUT2D eigenvalue weighted by atomic mass is 16.5. The van der Waals surface area contributed by atoms with E-state index in [1.807, 2.05) is 0 Å². The molecule has 0 atom stereocenters. The topological polar surface area (TPSA) is 127 Å². The SMILES string of the molecule is COc1cc(NC(=O)C2CCCCC2)c(C(=O)OCC(=O)NC2(C#N)CCCC2)cc1OC. The Morgan fingerprint density at radius 2 is 1.67 bits per heavy atom. The van der Waals surface area contributed by atoms with Crippen molar-refractivity contribution in [3.63, 3.8) is 0 Å². The normalized spacial score (nSPS) is 17.5. The molecule has 2 fully saturated rings. The molecule has 1 aromatic rings. The molecule has 0 aliphatic heterocycles. The van der Waals surface area contributed by atoms with Crippen LogP contribution in [0.15, 0.2) is 12.1 Å². The number of rotatable bonds is 8. The molecule has 1 aromatic carbocycles. The quantitative estimate of drug-likeness (QED) is 0.573. The Bertz CT molecular complexity index is 927. The smallest absolute Gasteiger partial charge is 0.340 e. The Labute approximate surface area is 193 Å². The van der Waals surface area contributed by atoms with Crippen LogP contribution in [0.5, 0.6) is 11.5 Å². The fraction of sp³-hybridized carbons (Fsp3) is 0.583. The third-order valence-corrected chi connectivity index (χ3v) is 6.36. The van der Waals surface area contributed by atoms with E-state index in [2.05, 4.69) is 16.7 Å². The number of nitrogens with zero attached hydrogens (tertiary/aromatic N) is 1. The van der Waals surface area contributed by atoms with Crippen LogP contribution < -0.4 is 20.1 Å². The summed E-state index contributed by atoms with van der Waals surface area (Å²) >= 11 is 0. The van der Waals surface area contributed by atoms with Gasteiger partial charge in [-0.3, -0.25) is 9.59 Å². The first kappa shape index (κ1) is 24.4. The summed E-state index contributed by atoms with van der Waals surface area (Å²) in [6, 6.07) is 5.10. The zero-order valence-corrected chi connectivity index (χ0v) is 19.2. The Morgan fingerprint density at radius 3 is 2.27 bits per heavy atom. The Kier molecular flexibility index (Phi) is 8.15. The summed E-state index contributed by atoms with van der Waals surface area (Å²) in [5, 5.41) is 14.9. The first-order chi connectivity index (χ1) is 15.9. The van der Waals surface area contributed by atoms with Crippen LogP contribution in [0.25, 0.3) is 0 Å². The predicted molar refractivity (Wildman–Crippen MR) is 120 cm³/mol. The lowest BCUT2D eigenvalue weighted by molar-refractivity contribution is -0.125. The summed E-state index contributed by atoms with van der Waals surface area (Å²) in [6.07, 6.45) is 7.61. The lowest BCUT2D eigenvalue weighted by Gasteiger charge is -2.22. The lowest BCUT2D eigenvalue weighted by atomic mass is 9.88. The van der Waals surface area contributed by atoms with Crippen molar-refractivity contribution in [2.45, 2.75) is 63.3 Å². The van der Waals surface area contributed by atoms with E-state index in [-0.39, 0.29) is 23.1 Å². The summed E-state index contributed by atoms with van der Waals surface area (Å²) in [7, 11) is 2.89. The number of nitriles is 1. The van der Waals surface area contributed by atoms with Gasteiger partial charge in [-0.25, -0.2) is 4.79 Å². The van der Waals surface area contributed by atoms with E-state index < -0.39 is 24.0 Å². The minimum Gasteiger partial charge on any atom is -0.493 e. The summed E-state index contributed by atoms with van der Waals surface area (Å²) in [4.78, 5) is 38.0. The molecule has 9 heteroatoms. The molecule has 0 radical (unpaired) electrons. The maximum Gasteiger partial charge on any atom is 0.340 e. The second kappa shape index (κ2) is 11.0. The molecule has 0 spiro atoms. The van der Waals surface area contributed by atoms with Gasteiger partial charge in [0.05, 0.1) is 31.5 Å². The minimum atomic E-state index is -0.897. The molecule has 2 aliphatic rings. The predicted octanol–water partition coefficient (Wildman–Crippen LogP) is 3.33. The van der Waals surface area contributed by atoms with Gasteiger partial charge in [0.2, 0.25) is 5.91 Å². The molecule has 0 saturated heterocycles. The molecule has 0 bridgehead atoms. The van der Waals surface area contributed by atoms with Gasteiger partial charge in [0, 0.05) is 18.1 Å². The molecule has 2 amide bonds. The number of hydrogen-bond donors (Lipinski definition) is 2. The largest absolute Gasteiger partial charge is 0.493 e. The van der Waals surface area contributed by atoms with Gasteiger partial charge in [0.1, 0.15) is 5.54 Å². The van der Waals surface area contributed by atoms with Crippen LogP contribution in [0, 0.1) is 17.2 Å². The third-order valence-electron chi connectivity index (χ3n) is 6.36. The van der Waals surface area contributed by atoms with Gasteiger partial charge in [-0.05, 0) is 38.5 Å². The fourth-order valence-corrected chi connectivity index (χ4v) is 4.51.